The normalized spacial score (nSPS) is 15.8. The van der Waals surface area contributed by atoms with Gasteiger partial charge in [0, 0.05) is 31.9 Å². The van der Waals surface area contributed by atoms with Crippen molar-refractivity contribution in [3.63, 3.8) is 0 Å². The highest BCUT2D eigenvalue weighted by molar-refractivity contribution is 5.95. The lowest BCUT2D eigenvalue weighted by Crippen LogP contribution is -2.53. The molecule has 0 radical (unpaired) electrons. The Kier molecular flexibility index (Phi) is 7.65. The Bertz CT molecular complexity index is 1100. The second kappa shape index (κ2) is 11.0. The van der Waals surface area contributed by atoms with Crippen LogP contribution in [0.25, 0.3) is 0 Å². The SMILES string of the molecule is COc1ccc(Oc2cccc(CC3CNCCN3c3ncccc3C(=O)OC(C)C)c2)cc1. The number of hydrogen-bond acceptors (Lipinski definition) is 7. The van der Waals surface area contributed by atoms with Crippen LogP contribution in [0.2, 0.25) is 0 Å². The molecule has 1 fully saturated rings. The molecule has 0 amide bonds. The smallest absolute Gasteiger partial charge is 0.342 e. The van der Waals surface area contributed by atoms with Gasteiger partial charge in [-0.2, -0.15) is 0 Å². The summed E-state index contributed by atoms with van der Waals surface area (Å²) in [5.74, 6) is 2.64. The molecular formula is C27H31N3O4. The van der Waals surface area contributed by atoms with Crippen LogP contribution in [0, 0.1) is 0 Å². The van der Waals surface area contributed by atoms with Crippen molar-refractivity contribution in [2.45, 2.75) is 32.4 Å². The van der Waals surface area contributed by atoms with Crippen LogP contribution in [0.3, 0.4) is 0 Å². The molecule has 0 bridgehead atoms. The number of methoxy groups -OCH3 is 1. The second-order valence-electron chi connectivity index (χ2n) is 8.51. The first-order chi connectivity index (χ1) is 16.5. The van der Waals surface area contributed by atoms with E-state index in [2.05, 4.69) is 27.3 Å². The molecule has 1 atom stereocenters. The van der Waals surface area contributed by atoms with Gasteiger partial charge in [0.1, 0.15) is 28.6 Å². The quantitative estimate of drug-likeness (QED) is 0.496. The number of ether oxygens (including phenoxy) is 3. The molecule has 34 heavy (non-hydrogen) atoms. The summed E-state index contributed by atoms with van der Waals surface area (Å²) in [6, 6.07) is 19.3. The van der Waals surface area contributed by atoms with Crippen molar-refractivity contribution in [3.05, 3.63) is 78.0 Å². The molecule has 1 aromatic heterocycles. The van der Waals surface area contributed by atoms with Gasteiger partial charge < -0.3 is 24.4 Å². The topological polar surface area (TPSA) is 72.9 Å². The van der Waals surface area contributed by atoms with Crippen molar-refractivity contribution in [2.75, 3.05) is 31.6 Å². The van der Waals surface area contributed by atoms with Gasteiger partial charge in [-0.15, -0.1) is 0 Å². The zero-order valence-electron chi connectivity index (χ0n) is 19.9. The average molecular weight is 462 g/mol. The molecule has 0 saturated carbocycles. The van der Waals surface area contributed by atoms with Gasteiger partial charge in [0.15, 0.2) is 0 Å². The van der Waals surface area contributed by atoms with Crippen molar-refractivity contribution >= 4 is 11.8 Å². The number of carbonyl (C=O) groups is 1. The van der Waals surface area contributed by atoms with E-state index in [-0.39, 0.29) is 18.1 Å². The molecule has 7 heteroatoms. The standard InChI is InChI=1S/C27H31N3O4/c1-19(2)33-27(31)25-8-5-13-29-26(25)30-15-14-28-18-21(30)16-20-6-4-7-24(17-20)34-23-11-9-22(32-3)10-12-23/h4-13,17,19,21,28H,14-16,18H2,1-3H3. The highest BCUT2D eigenvalue weighted by Crippen LogP contribution is 2.27. The van der Waals surface area contributed by atoms with Crippen LogP contribution in [0.1, 0.15) is 29.8 Å². The number of carbonyl (C=O) groups excluding carboxylic acids is 1. The largest absolute Gasteiger partial charge is 0.497 e. The summed E-state index contributed by atoms with van der Waals surface area (Å²) in [7, 11) is 1.64. The van der Waals surface area contributed by atoms with Gasteiger partial charge in [-0.25, -0.2) is 9.78 Å². The van der Waals surface area contributed by atoms with Gasteiger partial charge in [0.2, 0.25) is 0 Å². The molecule has 1 aliphatic heterocycles. The Morgan fingerprint density at radius 3 is 2.65 bits per heavy atom. The number of anilines is 1. The number of piperazine rings is 1. The van der Waals surface area contributed by atoms with Gasteiger partial charge in [-0.1, -0.05) is 12.1 Å². The third-order valence-corrected chi connectivity index (χ3v) is 5.64. The molecule has 1 N–H and O–H groups in total. The Morgan fingerprint density at radius 2 is 1.88 bits per heavy atom. The summed E-state index contributed by atoms with van der Waals surface area (Å²) in [6.07, 6.45) is 2.32. The molecule has 0 spiro atoms. The minimum Gasteiger partial charge on any atom is -0.497 e. The molecule has 3 aromatic rings. The highest BCUT2D eigenvalue weighted by Gasteiger charge is 2.28. The number of nitrogens with zero attached hydrogens (tertiary/aromatic N) is 2. The van der Waals surface area contributed by atoms with Gasteiger partial charge in [0.05, 0.1) is 13.2 Å². The minimum atomic E-state index is -0.342. The van der Waals surface area contributed by atoms with Crippen LogP contribution in [0.5, 0.6) is 17.2 Å². The Hall–Kier alpha value is -3.58. The van der Waals surface area contributed by atoms with Gasteiger partial charge in [0.25, 0.3) is 0 Å². The van der Waals surface area contributed by atoms with Crippen LogP contribution in [-0.2, 0) is 11.2 Å². The number of pyridine rings is 1. The number of aromatic nitrogens is 1. The fraction of sp³-hybridized carbons (Fsp3) is 0.333. The minimum absolute atomic E-state index is 0.130. The molecule has 7 nitrogen and oxygen atoms in total. The van der Waals surface area contributed by atoms with Crippen molar-refractivity contribution < 1.29 is 19.0 Å². The first-order valence-corrected chi connectivity index (χ1v) is 11.6. The van der Waals surface area contributed by atoms with E-state index in [4.69, 9.17) is 14.2 Å². The lowest BCUT2D eigenvalue weighted by molar-refractivity contribution is 0.0378. The summed E-state index contributed by atoms with van der Waals surface area (Å²) < 4.78 is 16.7. The predicted octanol–water partition coefficient (Wildman–Crippen LogP) is 4.47. The third kappa shape index (κ3) is 5.85. The molecule has 1 unspecified atom stereocenters. The monoisotopic (exact) mass is 461 g/mol. The third-order valence-electron chi connectivity index (χ3n) is 5.64. The Morgan fingerprint density at radius 1 is 1.09 bits per heavy atom. The summed E-state index contributed by atoms with van der Waals surface area (Å²) in [6.45, 7) is 6.07. The van der Waals surface area contributed by atoms with Gasteiger partial charge in [-0.3, -0.25) is 0 Å². The zero-order chi connectivity index (χ0) is 23.9. The molecule has 1 aliphatic rings. The fourth-order valence-electron chi connectivity index (χ4n) is 4.07. The Labute approximate surface area is 200 Å². The number of hydrogen-bond donors (Lipinski definition) is 1. The van der Waals surface area contributed by atoms with E-state index in [0.717, 1.165) is 48.9 Å². The van der Waals surface area contributed by atoms with Crippen molar-refractivity contribution in [3.8, 4) is 17.2 Å². The highest BCUT2D eigenvalue weighted by atomic mass is 16.5. The molecule has 2 heterocycles. The summed E-state index contributed by atoms with van der Waals surface area (Å²) in [4.78, 5) is 19.5. The molecule has 1 saturated heterocycles. The zero-order valence-corrected chi connectivity index (χ0v) is 19.9. The average Bonchev–Trinajstić information content (AvgIpc) is 2.85. The van der Waals surface area contributed by atoms with E-state index in [1.54, 1.807) is 25.4 Å². The lowest BCUT2D eigenvalue weighted by atomic mass is 10.0. The molecule has 4 rings (SSSR count). The van der Waals surface area contributed by atoms with E-state index in [0.29, 0.717) is 11.4 Å². The Balaban J connectivity index is 1.52. The molecular weight excluding hydrogens is 430 g/mol. The van der Waals surface area contributed by atoms with E-state index in [1.165, 1.54) is 0 Å². The van der Waals surface area contributed by atoms with Crippen molar-refractivity contribution in [1.82, 2.24) is 10.3 Å². The number of esters is 1. The first kappa shape index (κ1) is 23.6. The summed E-state index contributed by atoms with van der Waals surface area (Å²) in [5, 5.41) is 3.47. The van der Waals surface area contributed by atoms with Crippen molar-refractivity contribution in [1.29, 1.82) is 0 Å². The van der Waals surface area contributed by atoms with Gasteiger partial charge in [-0.05, 0) is 74.4 Å². The van der Waals surface area contributed by atoms with E-state index < -0.39 is 0 Å². The maximum absolute atomic E-state index is 12.7. The lowest BCUT2D eigenvalue weighted by Gasteiger charge is -2.38. The van der Waals surface area contributed by atoms with Crippen LogP contribution >= 0.6 is 0 Å². The fourth-order valence-corrected chi connectivity index (χ4v) is 4.07. The molecule has 0 aliphatic carbocycles. The van der Waals surface area contributed by atoms with Crippen molar-refractivity contribution in [2.24, 2.45) is 0 Å². The second-order valence-corrected chi connectivity index (χ2v) is 8.51. The van der Waals surface area contributed by atoms with Crippen LogP contribution in [-0.4, -0.2) is 49.8 Å². The van der Waals surface area contributed by atoms with E-state index in [1.807, 2.05) is 50.2 Å². The maximum atomic E-state index is 12.7. The number of benzene rings is 2. The summed E-state index contributed by atoms with van der Waals surface area (Å²) >= 11 is 0. The number of nitrogens with one attached hydrogen (secondary N) is 1. The maximum Gasteiger partial charge on any atom is 0.342 e. The first-order valence-electron chi connectivity index (χ1n) is 11.6. The van der Waals surface area contributed by atoms with E-state index >= 15 is 0 Å². The van der Waals surface area contributed by atoms with Crippen LogP contribution in [0.15, 0.2) is 66.9 Å². The molecule has 2 aromatic carbocycles. The summed E-state index contributed by atoms with van der Waals surface area (Å²) in [5.41, 5.74) is 1.65. The molecule has 178 valence electrons. The van der Waals surface area contributed by atoms with Crippen LogP contribution in [0.4, 0.5) is 5.82 Å². The predicted molar refractivity (Wildman–Crippen MR) is 132 cm³/mol. The van der Waals surface area contributed by atoms with Gasteiger partial charge >= 0.3 is 5.97 Å². The van der Waals surface area contributed by atoms with Crippen LogP contribution < -0.4 is 19.7 Å². The number of rotatable bonds is 8. The van der Waals surface area contributed by atoms with E-state index in [9.17, 15) is 4.79 Å².